The number of carbonyl (C=O) groups is 2. The van der Waals surface area contributed by atoms with E-state index < -0.39 is 11.9 Å². The van der Waals surface area contributed by atoms with Gasteiger partial charge in [-0.15, -0.1) is 0 Å². The summed E-state index contributed by atoms with van der Waals surface area (Å²) in [6.45, 7) is 2.09. The summed E-state index contributed by atoms with van der Waals surface area (Å²) in [6, 6.07) is 3.61. The number of aliphatic carboxylic acids is 1. The fourth-order valence-corrected chi connectivity index (χ4v) is 2.45. The van der Waals surface area contributed by atoms with Gasteiger partial charge in [0.15, 0.2) is 0 Å². The van der Waals surface area contributed by atoms with Gasteiger partial charge in [-0.05, 0) is 24.6 Å². The van der Waals surface area contributed by atoms with Crippen molar-refractivity contribution in [3.05, 3.63) is 22.2 Å². The van der Waals surface area contributed by atoms with Crippen LogP contribution in [0.25, 0.3) is 0 Å². The van der Waals surface area contributed by atoms with Crippen LogP contribution in [-0.4, -0.2) is 30.6 Å². The lowest BCUT2D eigenvalue weighted by Gasteiger charge is -2.20. The molecule has 0 saturated carbocycles. The Bertz CT molecular complexity index is 544. The molecule has 1 fully saturated rings. The number of carbonyl (C=O) groups excluding carboxylic acids is 1. The number of benzene rings is 1. The molecule has 1 saturated heterocycles. The fourth-order valence-electron chi connectivity index (χ4n) is 2.13. The van der Waals surface area contributed by atoms with E-state index in [-0.39, 0.29) is 18.9 Å². The van der Waals surface area contributed by atoms with Crippen molar-refractivity contribution in [2.75, 3.05) is 18.6 Å². The Labute approximate surface area is 119 Å². The lowest BCUT2D eigenvalue weighted by molar-refractivity contribution is -0.141. The maximum atomic E-state index is 11.9. The number of methoxy groups -OCH3 is 1. The fraction of sp³-hybridized carbons (Fsp3) is 0.385. The van der Waals surface area contributed by atoms with Crippen LogP contribution in [0.1, 0.15) is 12.0 Å². The normalized spacial score (nSPS) is 18.8. The molecular formula is C13H14BrNO4. The van der Waals surface area contributed by atoms with E-state index in [2.05, 4.69) is 15.9 Å². The number of aryl methyl sites for hydroxylation is 1. The van der Waals surface area contributed by atoms with Gasteiger partial charge in [-0.1, -0.05) is 15.9 Å². The average molecular weight is 328 g/mol. The number of hydrogen-bond acceptors (Lipinski definition) is 3. The van der Waals surface area contributed by atoms with Crippen molar-refractivity contribution in [3.8, 4) is 5.75 Å². The van der Waals surface area contributed by atoms with E-state index in [1.165, 1.54) is 12.0 Å². The highest BCUT2D eigenvalue weighted by atomic mass is 79.9. The first-order chi connectivity index (χ1) is 8.93. The predicted octanol–water partition coefficient (Wildman–Crippen LogP) is 2.20. The van der Waals surface area contributed by atoms with Crippen LogP contribution in [0.5, 0.6) is 5.75 Å². The minimum Gasteiger partial charge on any atom is -0.495 e. The Kier molecular flexibility index (Phi) is 3.80. The Balaban J connectivity index is 2.39. The van der Waals surface area contributed by atoms with Crippen molar-refractivity contribution in [3.63, 3.8) is 0 Å². The lowest BCUT2D eigenvalue weighted by Crippen LogP contribution is -2.26. The van der Waals surface area contributed by atoms with Crippen LogP contribution in [0.3, 0.4) is 0 Å². The third-order valence-corrected chi connectivity index (χ3v) is 4.08. The molecule has 1 N–H and O–H groups in total. The van der Waals surface area contributed by atoms with E-state index in [0.29, 0.717) is 11.4 Å². The first-order valence-electron chi connectivity index (χ1n) is 5.81. The molecule has 102 valence electrons. The summed E-state index contributed by atoms with van der Waals surface area (Å²) in [5.74, 6) is -1.23. The molecule has 0 radical (unpaired) electrons. The Morgan fingerprint density at radius 3 is 2.74 bits per heavy atom. The van der Waals surface area contributed by atoms with Crippen LogP contribution in [0.4, 0.5) is 5.69 Å². The van der Waals surface area contributed by atoms with Crippen molar-refractivity contribution >= 4 is 33.5 Å². The highest BCUT2D eigenvalue weighted by Crippen LogP contribution is 2.37. The molecule has 1 amide bonds. The monoisotopic (exact) mass is 327 g/mol. The van der Waals surface area contributed by atoms with Crippen LogP contribution in [0.15, 0.2) is 16.6 Å². The zero-order chi connectivity index (χ0) is 14.2. The molecule has 0 aliphatic carbocycles. The van der Waals surface area contributed by atoms with Gasteiger partial charge >= 0.3 is 5.97 Å². The van der Waals surface area contributed by atoms with Gasteiger partial charge in [0.25, 0.3) is 0 Å². The molecule has 1 aromatic rings. The molecular weight excluding hydrogens is 314 g/mol. The number of amides is 1. The third kappa shape index (κ3) is 2.58. The van der Waals surface area contributed by atoms with Gasteiger partial charge in [0, 0.05) is 17.4 Å². The smallest absolute Gasteiger partial charge is 0.308 e. The number of nitrogens with zero attached hydrogens (tertiary/aromatic N) is 1. The lowest BCUT2D eigenvalue weighted by atomic mass is 10.1. The second-order valence-electron chi connectivity index (χ2n) is 4.52. The van der Waals surface area contributed by atoms with Crippen LogP contribution in [0, 0.1) is 12.8 Å². The summed E-state index contributed by atoms with van der Waals surface area (Å²) in [4.78, 5) is 24.4. The molecule has 5 nitrogen and oxygen atoms in total. The molecule has 2 rings (SSSR count). The van der Waals surface area contributed by atoms with E-state index in [1.807, 2.05) is 13.0 Å². The largest absolute Gasteiger partial charge is 0.495 e. The maximum Gasteiger partial charge on any atom is 0.308 e. The van der Waals surface area contributed by atoms with Crippen LogP contribution in [0.2, 0.25) is 0 Å². The molecule has 0 aromatic heterocycles. The first-order valence-corrected chi connectivity index (χ1v) is 6.60. The van der Waals surface area contributed by atoms with E-state index >= 15 is 0 Å². The molecule has 0 spiro atoms. The average Bonchev–Trinajstić information content (AvgIpc) is 2.74. The molecule has 0 bridgehead atoms. The van der Waals surface area contributed by atoms with Gasteiger partial charge in [0.05, 0.1) is 18.7 Å². The molecule has 1 aliphatic rings. The summed E-state index contributed by atoms with van der Waals surface area (Å²) in [6.07, 6.45) is 0.0353. The molecule has 1 unspecified atom stereocenters. The second kappa shape index (κ2) is 5.21. The molecule has 6 heteroatoms. The zero-order valence-electron chi connectivity index (χ0n) is 10.6. The van der Waals surface area contributed by atoms with Crippen molar-refractivity contribution in [2.45, 2.75) is 13.3 Å². The van der Waals surface area contributed by atoms with Crippen LogP contribution < -0.4 is 9.64 Å². The Morgan fingerprint density at radius 1 is 1.53 bits per heavy atom. The van der Waals surface area contributed by atoms with Gasteiger partial charge in [-0.25, -0.2) is 0 Å². The molecule has 1 heterocycles. The zero-order valence-corrected chi connectivity index (χ0v) is 12.2. The van der Waals surface area contributed by atoms with E-state index in [0.717, 1.165) is 10.0 Å². The Morgan fingerprint density at radius 2 is 2.21 bits per heavy atom. The summed E-state index contributed by atoms with van der Waals surface area (Å²) in [7, 11) is 1.52. The number of ether oxygens (including phenoxy) is 1. The number of carboxylic acids is 1. The molecule has 19 heavy (non-hydrogen) atoms. The number of carboxylic acid groups (broad SMARTS) is 1. The second-order valence-corrected chi connectivity index (χ2v) is 5.37. The Hall–Kier alpha value is -1.56. The number of rotatable bonds is 3. The van der Waals surface area contributed by atoms with Crippen molar-refractivity contribution in [2.24, 2.45) is 5.92 Å². The van der Waals surface area contributed by atoms with Crippen LogP contribution in [-0.2, 0) is 9.59 Å². The summed E-state index contributed by atoms with van der Waals surface area (Å²) >= 11 is 3.40. The highest BCUT2D eigenvalue weighted by Gasteiger charge is 2.36. The third-order valence-electron chi connectivity index (χ3n) is 3.23. The predicted molar refractivity (Wildman–Crippen MR) is 73.5 cm³/mol. The van der Waals surface area contributed by atoms with Crippen molar-refractivity contribution < 1.29 is 19.4 Å². The van der Waals surface area contributed by atoms with Gasteiger partial charge in [0.2, 0.25) is 5.91 Å². The molecule has 1 atom stereocenters. The van der Waals surface area contributed by atoms with Gasteiger partial charge < -0.3 is 14.7 Å². The topological polar surface area (TPSA) is 66.8 Å². The van der Waals surface area contributed by atoms with E-state index in [9.17, 15) is 9.59 Å². The number of anilines is 1. The first kappa shape index (κ1) is 13.9. The highest BCUT2D eigenvalue weighted by molar-refractivity contribution is 9.10. The number of halogens is 1. The summed E-state index contributed by atoms with van der Waals surface area (Å²) in [5, 5.41) is 9.00. The van der Waals surface area contributed by atoms with E-state index in [4.69, 9.17) is 9.84 Å². The van der Waals surface area contributed by atoms with Gasteiger partial charge in [-0.2, -0.15) is 0 Å². The SMILES string of the molecule is COc1cc(Br)c(C)cc1N1CC(C(=O)O)CC1=O. The van der Waals surface area contributed by atoms with Crippen molar-refractivity contribution in [1.82, 2.24) is 0 Å². The van der Waals surface area contributed by atoms with E-state index in [1.54, 1.807) is 6.07 Å². The minimum absolute atomic E-state index is 0.0353. The standard InChI is InChI=1S/C13H14BrNO4/c1-7-3-10(11(19-2)5-9(7)14)15-6-8(13(17)18)4-12(15)16/h3,5,8H,4,6H2,1-2H3,(H,17,18). The molecule has 1 aliphatic heterocycles. The summed E-state index contributed by atoms with van der Waals surface area (Å²) < 4.78 is 6.15. The minimum atomic E-state index is -0.941. The number of hydrogen-bond donors (Lipinski definition) is 1. The maximum absolute atomic E-state index is 11.9. The van der Waals surface area contributed by atoms with Crippen LogP contribution >= 0.6 is 15.9 Å². The summed E-state index contributed by atoms with van der Waals surface area (Å²) in [5.41, 5.74) is 1.58. The van der Waals surface area contributed by atoms with Gasteiger partial charge in [0.1, 0.15) is 5.75 Å². The quantitative estimate of drug-likeness (QED) is 0.924. The van der Waals surface area contributed by atoms with Crippen molar-refractivity contribution in [1.29, 1.82) is 0 Å². The van der Waals surface area contributed by atoms with Gasteiger partial charge in [-0.3, -0.25) is 9.59 Å². The molecule has 1 aromatic carbocycles.